The maximum absolute atomic E-state index is 12.5. The summed E-state index contributed by atoms with van der Waals surface area (Å²) in [5.41, 5.74) is 1.51. The van der Waals surface area contributed by atoms with Gasteiger partial charge in [0.15, 0.2) is 5.01 Å². The van der Waals surface area contributed by atoms with Gasteiger partial charge in [0, 0.05) is 50.3 Å². The van der Waals surface area contributed by atoms with E-state index in [-0.39, 0.29) is 5.91 Å². The van der Waals surface area contributed by atoms with Crippen LogP contribution in [0.25, 0.3) is 10.7 Å². The zero-order chi connectivity index (χ0) is 17.1. The maximum atomic E-state index is 12.5. The van der Waals surface area contributed by atoms with Crippen molar-refractivity contribution in [2.75, 3.05) is 31.1 Å². The van der Waals surface area contributed by atoms with Crippen molar-refractivity contribution in [1.82, 2.24) is 25.1 Å². The fourth-order valence-corrected chi connectivity index (χ4v) is 3.59. The summed E-state index contributed by atoms with van der Waals surface area (Å²) < 4.78 is 0. The van der Waals surface area contributed by atoms with E-state index in [1.165, 1.54) is 11.3 Å². The molecule has 0 aromatic carbocycles. The van der Waals surface area contributed by atoms with Gasteiger partial charge >= 0.3 is 0 Å². The van der Waals surface area contributed by atoms with Crippen LogP contribution >= 0.6 is 11.3 Å². The van der Waals surface area contributed by atoms with Crippen LogP contribution in [-0.4, -0.2) is 57.2 Å². The number of carbonyl (C=O) groups excluding carboxylic acids is 1. The summed E-state index contributed by atoms with van der Waals surface area (Å²) in [7, 11) is 0. The van der Waals surface area contributed by atoms with E-state index in [0.717, 1.165) is 28.9 Å². The predicted octanol–water partition coefficient (Wildman–Crippen LogP) is 1.96. The summed E-state index contributed by atoms with van der Waals surface area (Å²) >= 11 is 1.53. The lowest BCUT2D eigenvalue weighted by atomic mass is 10.2. The Hall–Kier alpha value is -2.87. The molecule has 0 unspecified atom stereocenters. The number of hydrogen-bond donors (Lipinski definition) is 0. The molecule has 3 aromatic rings. The molecule has 25 heavy (non-hydrogen) atoms. The molecule has 1 saturated heterocycles. The summed E-state index contributed by atoms with van der Waals surface area (Å²) in [6, 6.07) is 9.24. The van der Waals surface area contributed by atoms with E-state index in [0.29, 0.717) is 18.7 Å². The van der Waals surface area contributed by atoms with Crippen LogP contribution in [-0.2, 0) is 0 Å². The number of piperazine rings is 1. The summed E-state index contributed by atoms with van der Waals surface area (Å²) in [6.45, 7) is 2.82. The molecule has 7 nitrogen and oxygen atoms in total. The van der Waals surface area contributed by atoms with E-state index < -0.39 is 0 Å². The number of aromatic nitrogens is 4. The first kappa shape index (κ1) is 15.6. The summed E-state index contributed by atoms with van der Waals surface area (Å²) in [6.07, 6.45) is 5.04. The molecule has 0 N–H and O–H groups in total. The molecule has 1 aliphatic heterocycles. The second-order valence-corrected chi connectivity index (χ2v) is 6.58. The molecule has 0 aliphatic carbocycles. The molecule has 1 amide bonds. The Morgan fingerprint density at radius 2 is 1.76 bits per heavy atom. The van der Waals surface area contributed by atoms with Crippen molar-refractivity contribution in [3.8, 4) is 10.7 Å². The van der Waals surface area contributed by atoms with E-state index in [1.54, 1.807) is 30.7 Å². The molecule has 0 radical (unpaired) electrons. The number of rotatable bonds is 3. The Morgan fingerprint density at radius 3 is 2.48 bits per heavy atom. The average Bonchev–Trinajstić information content (AvgIpc) is 3.19. The Morgan fingerprint density at radius 1 is 0.960 bits per heavy atom. The standard InChI is InChI=1S/C17H16N6OS/c24-16(13-4-7-18-8-5-13)22-9-11-23(12-10-22)17-21-20-15(25-17)14-3-1-2-6-19-14/h1-8H,9-12H2. The molecule has 1 fully saturated rings. The summed E-state index contributed by atoms with van der Waals surface area (Å²) in [5.74, 6) is 0.0495. The number of nitrogens with zero attached hydrogens (tertiary/aromatic N) is 6. The van der Waals surface area contributed by atoms with Crippen molar-refractivity contribution in [3.05, 3.63) is 54.5 Å². The van der Waals surface area contributed by atoms with Crippen molar-refractivity contribution in [2.45, 2.75) is 0 Å². The van der Waals surface area contributed by atoms with Gasteiger partial charge in [0.05, 0.1) is 0 Å². The molecule has 3 aromatic heterocycles. The molecular formula is C17H16N6OS. The van der Waals surface area contributed by atoms with Gasteiger partial charge in [-0.25, -0.2) is 0 Å². The van der Waals surface area contributed by atoms with Gasteiger partial charge in [0.2, 0.25) is 5.13 Å². The molecule has 1 aliphatic rings. The van der Waals surface area contributed by atoms with Crippen LogP contribution in [0.4, 0.5) is 5.13 Å². The summed E-state index contributed by atoms with van der Waals surface area (Å²) in [4.78, 5) is 24.8. The highest BCUT2D eigenvalue weighted by molar-refractivity contribution is 7.18. The van der Waals surface area contributed by atoms with Crippen molar-refractivity contribution in [3.63, 3.8) is 0 Å². The topological polar surface area (TPSA) is 75.1 Å². The van der Waals surface area contributed by atoms with Gasteiger partial charge in [-0.1, -0.05) is 17.4 Å². The van der Waals surface area contributed by atoms with E-state index in [1.807, 2.05) is 23.1 Å². The van der Waals surface area contributed by atoms with Crippen molar-refractivity contribution >= 4 is 22.4 Å². The average molecular weight is 352 g/mol. The fourth-order valence-electron chi connectivity index (χ4n) is 2.71. The number of hydrogen-bond acceptors (Lipinski definition) is 7. The lowest BCUT2D eigenvalue weighted by molar-refractivity contribution is 0.0746. The maximum Gasteiger partial charge on any atom is 0.254 e. The monoisotopic (exact) mass is 352 g/mol. The predicted molar refractivity (Wildman–Crippen MR) is 95.5 cm³/mol. The van der Waals surface area contributed by atoms with Crippen LogP contribution in [0.2, 0.25) is 0 Å². The molecule has 0 spiro atoms. The minimum absolute atomic E-state index is 0.0495. The van der Waals surface area contributed by atoms with Gasteiger partial charge in [0.1, 0.15) is 5.69 Å². The molecular weight excluding hydrogens is 336 g/mol. The first-order valence-electron chi connectivity index (χ1n) is 8.00. The third-order valence-corrected chi connectivity index (χ3v) is 5.07. The Labute approximate surface area is 149 Å². The van der Waals surface area contributed by atoms with Crippen LogP contribution in [0.5, 0.6) is 0 Å². The minimum Gasteiger partial charge on any atom is -0.343 e. The van der Waals surface area contributed by atoms with Gasteiger partial charge in [-0.15, -0.1) is 10.2 Å². The van der Waals surface area contributed by atoms with Gasteiger partial charge in [-0.05, 0) is 24.3 Å². The van der Waals surface area contributed by atoms with Gasteiger partial charge in [-0.2, -0.15) is 0 Å². The molecule has 4 rings (SSSR count). The number of pyridine rings is 2. The number of amides is 1. The normalized spacial score (nSPS) is 14.6. The van der Waals surface area contributed by atoms with Crippen LogP contribution in [0.15, 0.2) is 48.9 Å². The second-order valence-electron chi connectivity index (χ2n) is 5.62. The minimum atomic E-state index is 0.0495. The Balaban J connectivity index is 1.41. The molecule has 0 bridgehead atoms. The molecule has 126 valence electrons. The number of carbonyl (C=O) groups is 1. The molecule has 0 saturated carbocycles. The first-order chi connectivity index (χ1) is 12.3. The largest absolute Gasteiger partial charge is 0.343 e. The van der Waals surface area contributed by atoms with Crippen molar-refractivity contribution in [2.24, 2.45) is 0 Å². The lowest BCUT2D eigenvalue weighted by Crippen LogP contribution is -2.48. The quantitative estimate of drug-likeness (QED) is 0.717. The SMILES string of the molecule is O=C(c1ccncc1)N1CCN(c2nnc(-c3ccccn3)s2)CC1. The third kappa shape index (κ3) is 3.34. The molecule has 0 atom stereocenters. The molecule has 8 heteroatoms. The lowest BCUT2D eigenvalue weighted by Gasteiger charge is -2.34. The van der Waals surface area contributed by atoms with Crippen molar-refractivity contribution < 1.29 is 4.79 Å². The van der Waals surface area contributed by atoms with Gasteiger partial charge in [0.25, 0.3) is 5.91 Å². The molecule has 4 heterocycles. The van der Waals surface area contributed by atoms with Crippen LogP contribution in [0.3, 0.4) is 0 Å². The van der Waals surface area contributed by atoms with Crippen molar-refractivity contribution in [1.29, 1.82) is 0 Å². The highest BCUT2D eigenvalue weighted by atomic mass is 32.1. The zero-order valence-electron chi connectivity index (χ0n) is 13.4. The smallest absolute Gasteiger partial charge is 0.254 e. The number of anilines is 1. The van der Waals surface area contributed by atoms with Crippen LogP contribution in [0, 0.1) is 0 Å². The summed E-state index contributed by atoms with van der Waals surface area (Å²) in [5, 5.41) is 10.2. The first-order valence-corrected chi connectivity index (χ1v) is 8.82. The second kappa shape index (κ2) is 6.94. The van der Waals surface area contributed by atoms with E-state index in [9.17, 15) is 4.79 Å². The van der Waals surface area contributed by atoms with E-state index in [2.05, 4.69) is 25.1 Å². The van der Waals surface area contributed by atoms with Gasteiger partial charge in [-0.3, -0.25) is 14.8 Å². The third-order valence-electron chi connectivity index (χ3n) is 4.06. The van der Waals surface area contributed by atoms with E-state index in [4.69, 9.17) is 0 Å². The Bertz CT molecular complexity index is 846. The van der Waals surface area contributed by atoms with Crippen LogP contribution < -0.4 is 4.90 Å². The van der Waals surface area contributed by atoms with Crippen LogP contribution in [0.1, 0.15) is 10.4 Å². The van der Waals surface area contributed by atoms with E-state index >= 15 is 0 Å². The fraction of sp³-hybridized carbons (Fsp3) is 0.235. The Kier molecular flexibility index (Phi) is 4.34. The zero-order valence-corrected chi connectivity index (χ0v) is 14.3. The highest BCUT2D eigenvalue weighted by Gasteiger charge is 2.24. The highest BCUT2D eigenvalue weighted by Crippen LogP contribution is 2.27. The van der Waals surface area contributed by atoms with Gasteiger partial charge < -0.3 is 9.80 Å².